The first-order valence-corrected chi connectivity index (χ1v) is 4.91. The molecule has 0 aromatic heterocycles. The van der Waals surface area contributed by atoms with Crippen molar-refractivity contribution in [2.45, 2.75) is 32.2 Å². The van der Waals surface area contributed by atoms with E-state index in [1.54, 1.807) is 7.11 Å². The standard InChI is InChI=1S/C11H19NO/c1-4-10(2)12-9-11(5-6-11)7-8-13-3/h1,10,12H,5-9H2,2-3H3. The molecular formula is C11H19NO. The minimum atomic E-state index is 0.194. The van der Waals surface area contributed by atoms with Gasteiger partial charge >= 0.3 is 0 Å². The fourth-order valence-corrected chi connectivity index (χ4v) is 1.44. The van der Waals surface area contributed by atoms with Gasteiger partial charge in [0.05, 0.1) is 6.04 Å². The summed E-state index contributed by atoms with van der Waals surface area (Å²) in [5.74, 6) is 2.68. The molecule has 13 heavy (non-hydrogen) atoms. The Morgan fingerprint density at radius 1 is 1.62 bits per heavy atom. The number of methoxy groups -OCH3 is 1. The normalized spacial score (nSPS) is 20.7. The van der Waals surface area contributed by atoms with E-state index in [0.29, 0.717) is 5.41 Å². The summed E-state index contributed by atoms with van der Waals surface area (Å²) in [6, 6.07) is 0.194. The molecule has 1 N–H and O–H groups in total. The molecule has 1 fully saturated rings. The molecule has 2 heteroatoms. The molecule has 0 bridgehead atoms. The monoisotopic (exact) mass is 181 g/mol. The molecule has 1 saturated carbocycles. The average molecular weight is 181 g/mol. The van der Waals surface area contributed by atoms with Crippen molar-refractivity contribution >= 4 is 0 Å². The van der Waals surface area contributed by atoms with Crippen molar-refractivity contribution in [1.29, 1.82) is 0 Å². The number of ether oxygens (including phenoxy) is 1. The maximum Gasteiger partial charge on any atom is 0.0658 e. The van der Waals surface area contributed by atoms with E-state index in [4.69, 9.17) is 11.2 Å². The third-order valence-corrected chi connectivity index (χ3v) is 2.83. The molecule has 0 saturated heterocycles. The van der Waals surface area contributed by atoms with Crippen molar-refractivity contribution < 1.29 is 4.74 Å². The molecular weight excluding hydrogens is 162 g/mol. The van der Waals surface area contributed by atoms with E-state index in [9.17, 15) is 0 Å². The first kappa shape index (κ1) is 10.6. The van der Waals surface area contributed by atoms with Crippen LogP contribution in [0, 0.1) is 17.8 Å². The number of terminal acetylenes is 1. The van der Waals surface area contributed by atoms with E-state index in [1.807, 2.05) is 6.92 Å². The molecule has 0 heterocycles. The predicted molar refractivity (Wildman–Crippen MR) is 54.5 cm³/mol. The zero-order valence-electron chi connectivity index (χ0n) is 8.60. The SMILES string of the molecule is C#CC(C)NCC1(CCOC)CC1. The summed E-state index contributed by atoms with van der Waals surface area (Å²) in [4.78, 5) is 0. The molecule has 74 valence electrons. The Morgan fingerprint density at radius 2 is 2.31 bits per heavy atom. The lowest BCUT2D eigenvalue weighted by Crippen LogP contribution is -2.31. The van der Waals surface area contributed by atoms with E-state index >= 15 is 0 Å². The van der Waals surface area contributed by atoms with Gasteiger partial charge in [0.15, 0.2) is 0 Å². The molecule has 0 aromatic rings. The Labute approximate surface area is 81.0 Å². The zero-order valence-corrected chi connectivity index (χ0v) is 8.60. The largest absolute Gasteiger partial charge is 0.385 e. The van der Waals surface area contributed by atoms with Crippen LogP contribution in [0.5, 0.6) is 0 Å². The second kappa shape index (κ2) is 4.64. The van der Waals surface area contributed by atoms with Crippen molar-refractivity contribution in [2.24, 2.45) is 5.41 Å². The summed E-state index contributed by atoms with van der Waals surface area (Å²) >= 11 is 0. The van der Waals surface area contributed by atoms with E-state index in [-0.39, 0.29) is 6.04 Å². The molecule has 1 unspecified atom stereocenters. The topological polar surface area (TPSA) is 21.3 Å². The molecule has 0 aliphatic heterocycles. The summed E-state index contributed by atoms with van der Waals surface area (Å²) in [7, 11) is 1.76. The van der Waals surface area contributed by atoms with Crippen molar-refractivity contribution in [3.63, 3.8) is 0 Å². The zero-order chi connectivity index (χ0) is 9.73. The maximum absolute atomic E-state index is 5.28. The van der Waals surface area contributed by atoms with Crippen LogP contribution < -0.4 is 5.32 Å². The van der Waals surface area contributed by atoms with Gasteiger partial charge in [0.2, 0.25) is 0 Å². The lowest BCUT2D eigenvalue weighted by atomic mass is 10.0. The van der Waals surface area contributed by atoms with Crippen molar-refractivity contribution in [3.05, 3.63) is 0 Å². The third-order valence-electron chi connectivity index (χ3n) is 2.83. The summed E-state index contributed by atoms with van der Waals surface area (Å²) in [6.07, 6.45) is 9.09. The average Bonchev–Trinajstić information content (AvgIpc) is 2.92. The second-order valence-electron chi connectivity index (χ2n) is 4.01. The highest BCUT2D eigenvalue weighted by Crippen LogP contribution is 2.48. The highest BCUT2D eigenvalue weighted by Gasteiger charge is 2.41. The minimum Gasteiger partial charge on any atom is -0.385 e. The fourth-order valence-electron chi connectivity index (χ4n) is 1.44. The van der Waals surface area contributed by atoms with Gasteiger partial charge in [0.1, 0.15) is 0 Å². The van der Waals surface area contributed by atoms with Gasteiger partial charge in [-0.05, 0) is 31.6 Å². The molecule has 0 aromatic carbocycles. The first-order valence-electron chi connectivity index (χ1n) is 4.91. The third kappa shape index (κ3) is 3.38. The van der Waals surface area contributed by atoms with E-state index in [0.717, 1.165) is 19.6 Å². The minimum absolute atomic E-state index is 0.194. The Morgan fingerprint density at radius 3 is 2.77 bits per heavy atom. The first-order chi connectivity index (χ1) is 6.22. The highest BCUT2D eigenvalue weighted by atomic mass is 16.5. The summed E-state index contributed by atoms with van der Waals surface area (Å²) in [5.41, 5.74) is 0.501. The fraction of sp³-hybridized carbons (Fsp3) is 0.818. The number of hydrogen-bond donors (Lipinski definition) is 1. The van der Waals surface area contributed by atoms with Gasteiger partial charge in [-0.2, -0.15) is 0 Å². The maximum atomic E-state index is 5.28. The van der Waals surface area contributed by atoms with Crippen LogP contribution in [-0.4, -0.2) is 26.3 Å². The van der Waals surface area contributed by atoms with Crippen molar-refractivity contribution in [3.8, 4) is 12.3 Å². The molecule has 1 aliphatic rings. The van der Waals surface area contributed by atoms with E-state index < -0.39 is 0 Å². The summed E-state index contributed by atoms with van der Waals surface area (Å²) in [5, 5.41) is 3.35. The van der Waals surface area contributed by atoms with Crippen LogP contribution in [0.25, 0.3) is 0 Å². The van der Waals surface area contributed by atoms with Crippen molar-refractivity contribution in [2.75, 3.05) is 20.3 Å². The summed E-state index contributed by atoms with van der Waals surface area (Å²) < 4.78 is 5.08. The van der Waals surface area contributed by atoms with Crippen LogP contribution in [-0.2, 0) is 4.74 Å². The van der Waals surface area contributed by atoms with Crippen molar-refractivity contribution in [1.82, 2.24) is 5.32 Å². The Kier molecular flexibility index (Phi) is 3.77. The lowest BCUT2D eigenvalue weighted by molar-refractivity contribution is 0.171. The van der Waals surface area contributed by atoms with E-state index in [2.05, 4.69) is 11.2 Å². The Hall–Kier alpha value is -0.520. The van der Waals surface area contributed by atoms with Gasteiger partial charge in [0.25, 0.3) is 0 Å². The van der Waals surface area contributed by atoms with Crippen LogP contribution in [0.4, 0.5) is 0 Å². The van der Waals surface area contributed by atoms with Crippen LogP contribution in [0.1, 0.15) is 26.2 Å². The molecule has 0 radical (unpaired) electrons. The highest BCUT2D eigenvalue weighted by molar-refractivity contribution is 5.00. The van der Waals surface area contributed by atoms with Gasteiger partial charge in [-0.3, -0.25) is 0 Å². The molecule has 2 nitrogen and oxygen atoms in total. The summed E-state index contributed by atoms with van der Waals surface area (Å²) in [6.45, 7) is 3.93. The van der Waals surface area contributed by atoms with Gasteiger partial charge in [-0.15, -0.1) is 6.42 Å². The van der Waals surface area contributed by atoms with E-state index in [1.165, 1.54) is 12.8 Å². The second-order valence-corrected chi connectivity index (χ2v) is 4.01. The quantitative estimate of drug-likeness (QED) is 0.626. The van der Waals surface area contributed by atoms with Gasteiger partial charge in [0, 0.05) is 20.3 Å². The molecule has 1 rings (SSSR count). The Bertz CT molecular complexity index is 191. The number of nitrogens with one attached hydrogen (secondary N) is 1. The van der Waals surface area contributed by atoms with Gasteiger partial charge in [-0.1, -0.05) is 5.92 Å². The molecule has 0 spiro atoms. The number of hydrogen-bond acceptors (Lipinski definition) is 2. The van der Waals surface area contributed by atoms with Gasteiger partial charge < -0.3 is 10.1 Å². The number of rotatable bonds is 6. The molecule has 0 amide bonds. The Balaban J connectivity index is 2.16. The smallest absolute Gasteiger partial charge is 0.0658 e. The molecule has 1 aliphatic carbocycles. The van der Waals surface area contributed by atoms with Crippen LogP contribution in [0.15, 0.2) is 0 Å². The van der Waals surface area contributed by atoms with Crippen LogP contribution >= 0.6 is 0 Å². The van der Waals surface area contributed by atoms with Gasteiger partial charge in [-0.25, -0.2) is 0 Å². The predicted octanol–water partition coefficient (Wildman–Crippen LogP) is 1.41. The lowest BCUT2D eigenvalue weighted by Gasteiger charge is -2.16. The molecule has 1 atom stereocenters. The van der Waals surface area contributed by atoms with Crippen LogP contribution in [0.3, 0.4) is 0 Å². The van der Waals surface area contributed by atoms with Crippen LogP contribution in [0.2, 0.25) is 0 Å².